The highest BCUT2D eigenvalue weighted by molar-refractivity contribution is 5.93. The zero-order valence-electron chi connectivity index (χ0n) is 17.7. The molecule has 0 radical (unpaired) electrons. The van der Waals surface area contributed by atoms with Crippen LogP contribution in [-0.4, -0.2) is 0 Å². The van der Waals surface area contributed by atoms with Crippen LogP contribution in [0.2, 0.25) is 0 Å². The van der Waals surface area contributed by atoms with E-state index < -0.39 is 0 Å². The largest absolute Gasteiger partial charge is 0.192 e. The molecule has 2 nitrogen and oxygen atoms in total. The van der Waals surface area contributed by atoms with E-state index >= 15 is 0 Å². The van der Waals surface area contributed by atoms with Crippen LogP contribution in [0.1, 0.15) is 100 Å². The van der Waals surface area contributed by atoms with Gasteiger partial charge in [-0.1, -0.05) is 89.5 Å². The first-order valence-corrected chi connectivity index (χ1v) is 11.1. The lowest BCUT2D eigenvalue weighted by atomic mass is 9.85. The summed E-state index contributed by atoms with van der Waals surface area (Å²) in [6, 6.07) is 13.2. The molecule has 0 aliphatic carbocycles. The van der Waals surface area contributed by atoms with Crippen molar-refractivity contribution < 1.29 is 0 Å². The standard InChI is InChI=1S/C26H34N2/c1-3-5-7-9-11-15-23-21-17-13-14-18-22(21)24(16-12-10-8-6-4-2)26(20-28)25(23)19-27/h13-14,17-18H,3-12,15-16H2,1-2H3. The quantitative estimate of drug-likeness (QED) is 0.359. The second kappa shape index (κ2) is 12.2. The molecule has 2 heteroatoms. The van der Waals surface area contributed by atoms with Gasteiger partial charge in [0.25, 0.3) is 0 Å². The van der Waals surface area contributed by atoms with Gasteiger partial charge in [0.1, 0.15) is 12.1 Å². The minimum absolute atomic E-state index is 0.625. The predicted octanol–water partition coefficient (Wildman–Crippen LogP) is 7.61. The number of unbranched alkanes of at least 4 members (excludes halogenated alkanes) is 8. The fraction of sp³-hybridized carbons (Fsp3) is 0.538. The predicted molar refractivity (Wildman–Crippen MR) is 118 cm³/mol. The van der Waals surface area contributed by atoms with Crippen molar-refractivity contribution >= 4 is 10.8 Å². The summed E-state index contributed by atoms with van der Waals surface area (Å²) in [6.45, 7) is 4.45. The molecule has 0 amide bonds. The van der Waals surface area contributed by atoms with Gasteiger partial charge in [0.15, 0.2) is 0 Å². The van der Waals surface area contributed by atoms with Gasteiger partial charge in [0, 0.05) is 0 Å². The molecule has 2 aromatic carbocycles. The summed E-state index contributed by atoms with van der Waals surface area (Å²) in [4.78, 5) is 0. The first-order chi connectivity index (χ1) is 13.8. The van der Waals surface area contributed by atoms with Crippen LogP contribution < -0.4 is 0 Å². The van der Waals surface area contributed by atoms with Crippen molar-refractivity contribution in [3.8, 4) is 12.1 Å². The molecule has 0 aliphatic rings. The van der Waals surface area contributed by atoms with Crippen LogP contribution in [0.3, 0.4) is 0 Å². The SMILES string of the molecule is CCCCCCCc1c(C#N)c(C#N)c(CCCCCCC)c2ccccc12. The highest BCUT2D eigenvalue weighted by Gasteiger charge is 2.18. The lowest BCUT2D eigenvalue weighted by Gasteiger charge is -2.16. The van der Waals surface area contributed by atoms with E-state index in [1.54, 1.807) is 0 Å². The fourth-order valence-electron chi connectivity index (χ4n) is 4.16. The van der Waals surface area contributed by atoms with Gasteiger partial charge in [-0.3, -0.25) is 0 Å². The topological polar surface area (TPSA) is 47.6 Å². The Hall–Kier alpha value is -2.32. The van der Waals surface area contributed by atoms with Crippen molar-refractivity contribution in [1.29, 1.82) is 10.5 Å². The van der Waals surface area contributed by atoms with Crippen LogP contribution in [-0.2, 0) is 12.8 Å². The molecule has 0 N–H and O–H groups in total. The number of hydrogen-bond donors (Lipinski definition) is 0. The maximum absolute atomic E-state index is 9.90. The van der Waals surface area contributed by atoms with Crippen LogP contribution in [0, 0.1) is 22.7 Å². The number of rotatable bonds is 12. The first-order valence-electron chi connectivity index (χ1n) is 11.1. The third-order valence-corrected chi connectivity index (χ3v) is 5.72. The van der Waals surface area contributed by atoms with Gasteiger partial charge >= 0.3 is 0 Å². The number of benzene rings is 2. The molecule has 0 aromatic heterocycles. The number of fused-ring (bicyclic) bond motifs is 1. The van der Waals surface area contributed by atoms with Crippen molar-refractivity contribution in [2.45, 2.75) is 90.9 Å². The first kappa shape index (κ1) is 22.0. The smallest absolute Gasteiger partial charge is 0.101 e. The van der Waals surface area contributed by atoms with E-state index in [2.05, 4.69) is 50.3 Å². The molecular formula is C26H34N2. The fourth-order valence-corrected chi connectivity index (χ4v) is 4.16. The lowest BCUT2D eigenvalue weighted by Crippen LogP contribution is -2.03. The van der Waals surface area contributed by atoms with Gasteiger partial charge in [0.2, 0.25) is 0 Å². The Morgan fingerprint density at radius 1 is 0.607 bits per heavy atom. The number of aryl methyl sites for hydroxylation is 2. The molecule has 0 spiro atoms. The van der Waals surface area contributed by atoms with Crippen molar-refractivity contribution in [1.82, 2.24) is 0 Å². The lowest BCUT2D eigenvalue weighted by molar-refractivity contribution is 0.631. The highest BCUT2D eigenvalue weighted by Crippen LogP contribution is 2.32. The van der Waals surface area contributed by atoms with Crippen LogP contribution in [0.15, 0.2) is 24.3 Å². The maximum Gasteiger partial charge on any atom is 0.101 e. The molecule has 0 atom stereocenters. The zero-order chi connectivity index (χ0) is 20.2. The molecule has 0 aliphatic heterocycles. The van der Waals surface area contributed by atoms with Crippen molar-refractivity contribution in [2.75, 3.05) is 0 Å². The van der Waals surface area contributed by atoms with Crippen molar-refractivity contribution in [3.63, 3.8) is 0 Å². The van der Waals surface area contributed by atoms with E-state index in [0.717, 1.165) is 36.8 Å². The zero-order valence-corrected chi connectivity index (χ0v) is 17.7. The van der Waals surface area contributed by atoms with E-state index in [9.17, 15) is 10.5 Å². The van der Waals surface area contributed by atoms with Gasteiger partial charge in [-0.2, -0.15) is 10.5 Å². The molecule has 0 bridgehead atoms. The molecule has 148 valence electrons. The average molecular weight is 375 g/mol. The van der Waals surface area contributed by atoms with E-state index in [0.29, 0.717) is 11.1 Å². The summed E-state index contributed by atoms with van der Waals surface area (Å²) in [6.07, 6.45) is 13.8. The van der Waals surface area contributed by atoms with E-state index in [4.69, 9.17) is 0 Å². The Morgan fingerprint density at radius 2 is 1.00 bits per heavy atom. The molecule has 0 heterocycles. The van der Waals surface area contributed by atoms with Crippen LogP contribution in [0.25, 0.3) is 10.8 Å². The summed E-state index contributed by atoms with van der Waals surface area (Å²) in [5, 5.41) is 22.1. The second-order valence-electron chi connectivity index (χ2n) is 7.80. The monoisotopic (exact) mass is 374 g/mol. The Bertz CT molecular complexity index is 766. The Morgan fingerprint density at radius 3 is 1.36 bits per heavy atom. The molecule has 0 fully saturated rings. The van der Waals surface area contributed by atoms with Gasteiger partial charge in [0.05, 0.1) is 11.1 Å². The normalized spacial score (nSPS) is 10.7. The third-order valence-electron chi connectivity index (χ3n) is 5.72. The van der Waals surface area contributed by atoms with Gasteiger partial charge in [-0.15, -0.1) is 0 Å². The van der Waals surface area contributed by atoms with Gasteiger partial charge in [-0.25, -0.2) is 0 Å². The molecule has 2 aromatic rings. The van der Waals surface area contributed by atoms with Crippen molar-refractivity contribution in [2.24, 2.45) is 0 Å². The summed E-state index contributed by atoms with van der Waals surface area (Å²) in [5.41, 5.74) is 3.42. The molecule has 28 heavy (non-hydrogen) atoms. The van der Waals surface area contributed by atoms with Crippen LogP contribution in [0.5, 0.6) is 0 Å². The summed E-state index contributed by atoms with van der Waals surface area (Å²) in [7, 11) is 0. The molecular weight excluding hydrogens is 340 g/mol. The third kappa shape index (κ3) is 5.59. The van der Waals surface area contributed by atoms with E-state index in [1.165, 1.54) is 62.1 Å². The van der Waals surface area contributed by atoms with Gasteiger partial charge < -0.3 is 0 Å². The second-order valence-corrected chi connectivity index (χ2v) is 7.80. The highest BCUT2D eigenvalue weighted by atomic mass is 14.3. The van der Waals surface area contributed by atoms with Crippen LogP contribution in [0.4, 0.5) is 0 Å². The van der Waals surface area contributed by atoms with Gasteiger partial charge in [-0.05, 0) is 47.6 Å². The summed E-state index contributed by atoms with van der Waals surface area (Å²) < 4.78 is 0. The Labute approximate surface area is 171 Å². The molecule has 0 saturated heterocycles. The number of nitrogens with zero attached hydrogens (tertiary/aromatic N) is 2. The van der Waals surface area contributed by atoms with E-state index in [-0.39, 0.29) is 0 Å². The minimum Gasteiger partial charge on any atom is -0.192 e. The van der Waals surface area contributed by atoms with Crippen molar-refractivity contribution in [3.05, 3.63) is 46.5 Å². The minimum atomic E-state index is 0.625. The number of nitriles is 2. The summed E-state index contributed by atoms with van der Waals surface area (Å²) in [5.74, 6) is 0. The maximum atomic E-state index is 9.90. The summed E-state index contributed by atoms with van der Waals surface area (Å²) >= 11 is 0. The van der Waals surface area contributed by atoms with E-state index in [1.807, 2.05) is 0 Å². The Balaban J connectivity index is 2.35. The molecule has 2 rings (SSSR count). The number of hydrogen-bond acceptors (Lipinski definition) is 2. The average Bonchev–Trinajstić information content (AvgIpc) is 2.73. The molecule has 0 saturated carbocycles. The van der Waals surface area contributed by atoms with Crippen LogP contribution >= 0.6 is 0 Å². The molecule has 0 unspecified atom stereocenters. The Kier molecular flexibility index (Phi) is 9.57.